The van der Waals surface area contributed by atoms with Crippen molar-refractivity contribution in [2.24, 2.45) is 0 Å². The van der Waals surface area contributed by atoms with Crippen LogP contribution in [0.25, 0.3) is 10.6 Å². The number of esters is 1. The Morgan fingerprint density at radius 2 is 2.04 bits per heavy atom. The van der Waals surface area contributed by atoms with Crippen molar-refractivity contribution >= 4 is 28.9 Å². The van der Waals surface area contributed by atoms with Gasteiger partial charge in [0.1, 0.15) is 0 Å². The lowest BCUT2D eigenvalue weighted by atomic mass is 10.2. The molecule has 2 heterocycles. The number of anilines is 1. The monoisotopic (exact) mass is 384 g/mol. The zero-order chi connectivity index (χ0) is 19.1. The Bertz CT molecular complexity index is 885. The molecule has 140 valence electrons. The van der Waals surface area contributed by atoms with Crippen molar-refractivity contribution in [1.29, 1.82) is 0 Å². The summed E-state index contributed by atoms with van der Waals surface area (Å²) in [6, 6.07) is 12.2. The minimum atomic E-state index is -0.356. The Balaban J connectivity index is 1.53. The molecule has 7 heteroatoms. The molecule has 6 nitrogen and oxygen atoms in total. The van der Waals surface area contributed by atoms with E-state index in [1.807, 2.05) is 24.4 Å². The molecule has 3 aromatic rings. The number of aromatic nitrogens is 1. The maximum atomic E-state index is 12.2. The molecule has 1 amide bonds. The Morgan fingerprint density at radius 1 is 1.22 bits per heavy atom. The number of carbonyl (C=O) groups excluding carboxylic acids is 2. The van der Waals surface area contributed by atoms with Crippen molar-refractivity contribution in [2.45, 2.75) is 26.2 Å². The van der Waals surface area contributed by atoms with E-state index in [0.29, 0.717) is 29.3 Å². The van der Waals surface area contributed by atoms with E-state index >= 15 is 0 Å². The minimum absolute atomic E-state index is 0.107. The molecular weight excluding hydrogens is 364 g/mol. The van der Waals surface area contributed by atoms with Crippen LogP contribution in [0.4, 0.5) is 5.69 Å². The second-order valence-electron chi connectivity index (χ2n) is 5.95. The molecule has 0 aliphatic rings. The molecule has 0 spiro atoms. The van der Waals surface area contributed by atoms with Crippen molar-refractivity contribution in [1.82, 2.24) is 5.16 Å². The van der Waals surface area contributed by atoms with Gasteiger partial charge in [-0.2, -0.15) is 0 Å². The number of nitrogens with zero attached hydrogens (tertiary/aromatic N) is 1. The number of benzene rings is 1. The van der Waals surface area contributed by atoms with Crippen LogP contribution in [-0.2, 0) is 16.0 Å². The van der Waals surface area contributed by atoms with Crippen molar-refractivity contribution in [3.63, 3.8) is 0 Å². The first-order chi connectivity index (χ1) is 13.2. The highest BCUT2D eigenvalue weighted by Gasteiger charge is 2.12. The highest BCUT2D eigenvalue weighted by Crippen LogP contribution is 2.25. The Kier molecular flexibility index (Phi) is 6.38. The Morgan fingerprint density at radius 3 is 2.74 bits per heavy atom. The summed E-state index contributed by atoms with van der Waals surface area (Å²) >= 11 is 1.55. The lowest BCUT2D eigenvalue weighted by Gasteiger charge is -2.06. The number of nitrogens with one attached hydrogen (secondary N) is 1. The van der Waals surface area contributed by atoms with Crippen LogP contribution in [0.2, 0.25) is 0 Å². The van der Waals surface area contributed by atoms with E-state index < -0.39 is 0 Å². The molecule has 0 fully saturated rings. The molecule has 0 radical (unpaired) electrons. The maximum absolute atomic E-state index is 12.2. The summed E-state index contributed by atoms with van der Waals surface area (Å²) in [5, 5.41) is 8.67. The topological polar surface area (TPSA) is 81.4 Å². The van der Waals surface area contributed by atoms with Gasteiger partial charge in [-0.05, 0) is 42.1 Å². The Hall–Kier alpha value is -2.93. The third-order valence-corrected chi connectivity index (χ3v) is 4.68. The van der Waals surface area contributed by atoms with Crippen LogP contribution in [-0.4, -0.2) is 23.6 Å². The average Bonchev–Trinajstić information content (AvgIpc) is 3.34. The highest BCUT2D eigenvalue weighted by atomic mass is 32.1. The van der Waals surface area contributed by atoms with Gasteiger partial charge in [0.15, 0.2) is 5.76 Å². The fourth-order valence-electron chi connectivity index (χ4n) is 2.38. The number of unbranched alkanes of at least 4 members (excludes halogenated alkanes) is 1. The third kappa shape index (κ3) is 5.27. The predicted molar refractivity (Wildman–Crippen MR) is 104 cm³/mol. The lowest BCUT2D eigenvalue weighted by Crippen LogP contribution is -2.14. The Labute approximate surface area is 161 Å². The maximum Gasteiger partial charge on any atom is 0.338 e. The van der Waals surface area contributed by atoms with Gasteiger partial charge in [-0.3, -0.25) is 4.79 Å². The van der Waals surface area contributed by atoms with Gasteiger partial charge < -0.3 is 14.6 Å². The SMILES string of the molecule is CCCCOC(=O)c1ccc(NC(=O)Cc2cc(-c3cccs3)on2)cc1. The van der Waals surface area contributed by atoms with Crippen molar-refractivity contribution in [3.8, 4) is 10.6 Å². The smallest absolute Gasteiger partial charge is 0.338 e. The van der Waals surface area contributed by atoms with Gasteiger partial charge in [-0.25, -0.2) is 4.79 Å². The molecule has 0 aliphatic heterocycles. The summed E-state index contributed by atoms with van der Waals surface area (Å²) in [7, 11) is 0. The average molecular weight is 384 g/mol. The number of ether oxygens (including phenoxy) is 1. The van der Waals surface area contributed by atoms with Gasteiger partial charge in [0.2, 0.25) is 5.91 Å². The van der Waals surface area contributed by atoms with Crippen LogP contribution in [0.1, 0.15) is 35.8 Å². The summed E-state index contributed by atoms with van der Waals surface area (Å²) in [6.07, 6.45) is 1.92. The minimum Gasteiger partial charge on any atom is -0.462 e. The molecule has 0 bridgehead atoms. The quantitative estimate of drug-likeness (QED) is 0.455. The number of thiophene rings is 1. The second kappa shape index (κ2) is 9.14. The first-order valence-corrected chi connectivity index (χ1v) is 9.60. The molecule has 2 aromatic heterocycles. The van der Waals surface area contributed by atoms with E-state index in [1.54, 1.807) is 41.7 Å². The van der Waals surface area contributed by atoms with Crippen LogP contribution >= 0.6 is 11.3 Å². The number of amides is 1. The predicted octanol–water partition coefficient (Wildman–Crippen LogP) is 4.54. The summed E-state index contributed by atoms with van der Waals surface area (Å²) in [6.45, 7) is 2.45. The van der Waals surface area contributed by atoms with Crippen LogP contribution in [0.5, 0.6) is 0 Å². The number of carbonyl (C=O) groups is 2. The largest absolute Gasteiger partial charge is 0.462 e. The third-order valence-electron chi connectivity index (χ3n) is 3.80. The molecule has 27 heavy (non-hydrogen) atoms. The molecule has 1 N–H and O–H groups in total. The van der Waals surface area contributed by atoms with Gasteiger partial charge in [0.25, 0.3) is 0 Å². The first-order valence-electron chi connectivity index (χ1n) is 8.72. The van der Waals surface area contributed by atoms with Gasteiger partial charge >= 0.3 is 5.97 Å². The molecular formula is C20H20N2O4S. The van der Waals surface area contributed by atoms with Crippen molar-refractivity contribution in [3.05, 3.63) is 59.1 Å². The van der Waals surface area contributed by atoms with Crippen LogP contribution in [0.3, 0.4) is 0 Å². The number of rotatable bonds is 8. The van der Waals surface area contributed by atoms with E-state index in [2.05, 4.69) is 10.5 Å². The van der Waals surface area contributed by atoms with Crippen LogP contribution in [0, 0.1) is 0 Å². The van der Waals surface area contributed by atoms with Gasteiger partial charge in [-0.15, -0.1) is 11.3 Å². The summed E-state index contributed by atoms with van der Waals surface area (Å²) in [5.74, 6) is 0.0862. The standard InChI is InChI=1S/C20H20N2O4S/c1-2-3-10-25-20(24)14-6-8-15(9-7-14)21-19(23)13-16-12-17(26-22-16)18-5-4-11-27-18/h4-9,11-12H,2-3,10,13H2,1H3,(H,21,23). The van der Waals surface area contributed by atoms with Gasteiger partial charge in [0.05, 0.1) is 29.2 Å². The molecule has 0 atom stereocenters. The van der Waals surface area contributed by atoms with E-state index in [0.717, 1.165) is 17.7 Å². The van der Waals surface area contributed by atoms with Gasteiger partial charge in [-0.1, -0.05) is 24.6 Å². The zero-order valence-electron chi connectivity index (χ0n) is 14.9. The highest BCUT2D eigenvalue weighted by molar-refractivity contribution is 7.13. The van der Waals surface area contributed by atoms with E-state index in [9.17, 15) is 9.59 Å². The normalized spacial score (nSPS) is 10.6. The second-order valence-corrected chi connectivity index (χ2v) is 6.90. The zero-order valence-corrected chi connectivity index (χ0v) is 15.8. The summed E-state index contributed by atoms with van der Waals surface area (Å²) < 4.78 is 10.4. The fraction of sp³-hybridized carbons (Fsp3) is 0.250. The van der Waals surface area contributed by atoms with E-state index in [1.165, 1.54) is 0 Å². The van der Waals surface area contributed by atoms with Crippen LogP contribution < -0.4 is 5.32 Å². The summed E-state index contributed by atoms with van der Waals surface area (Å²) in [5.41, 5.74) is 1.63. The van der Waals surface area contributed by atoms with E-state index in [-0.39, 0.29) is 18.3 Å². The molecule has 0 saturated heterocycles. The van der Waals surface area contributed by atoms with Gasteiger partial charge in [0, 0.05) is 11.8 Å². The number of hydrogen-bond acceptors (Lipinski definition) is 6. The molecule has 0 unspecified atom stereocenters. The number of hydrogen-bond donors (Lipinski definition) is 1. The molecule has 0 saturated carbocycles. The lowest BCUT2D eigenvalue weighted by molar-refractivity contribution is -0.115. The first kappa shape index (κ1) is 18.8. The van der Waals surface area contributed by atoms with E-state index in [4.69, 9.17) is 9.26 Å². The fourth-order valence-corrected chi connectivity index (χ4v) is 3.06. The van der Waals surface area contributed by atoms with Crippen molar-refractivity contribution in [2.75, 3.05) is 11.9 Å². The summed E-state index contributed by atoms with van der Waals surface area (Å²) in [4.78, 5) is 25.0. The molecule has 3 rings (SSSR count). The molecule has 0 aliphatic carbocycles. The molecule has 1 aromatic carbocycles. The van der Waals surface area contributed by atoms with Crippen LogP contribution in [0.15, 0.2) is 52.4 Å². The van der Waals surface area contributed by atoms with Crippen molar-refractivity contribution < 1.29 is 18.8 Å².